The largest absolute Gasteiger partial charge is 0.496 e. The number of rotatable bonds is 9. The first kappa shape index (κ1) is 23.2. The molecule has 1 amide bonds. The lowest BCUT2D eigenvalue weighted by atomic mass is 10.2. The minimum Gasteiger partial charge on any atom is -0.496 e. The quantitative estimate of drug-likeness (QED) is 0.289. The van der Waals surface area contributed by atoms with E-state index in [9.17, 15) is 9.59 Å². The molecule has 4 rings (SSSR count). The van der Waals surface area contributed by atoms with Crippen LogP contribution in [0.4, 0.5) is 5.69 Å². The van der Waals surface area contributed by atoms with Crippen LogP contribution in [0.3, 0.4) is 0 Å². The zero-order chi connectivity index (χ0) is 23.9. The number of carbonyl (C=O) groups is 1. The Bertz CT molecular complexity index is 1380. The molecule has 2 aromatic heterocycles. The van der Waals surface area contributed by atoms with Crippen molar-refractivity contribution in [2.45, 2.75) is 18.6 Å². The molecular formula is C24H23N5O4S. The molecule has 0 spiro atoms. The lowest BCUT2D eigenvalue weighted by Crippen LogP contribution is -2.26. The third-order valence-corrected chi connectivity index (χ3v) is 5.85. The van der Waals surface area contributed by atoms with Crippen LogP contribution in [0.25, 0.3) is 11.2 Å². The highest BCUT2D eigenvalue weighted by Crippen LogP contribution is 2.25. The van der Waals surface area contributed by atoms with E-state index in [-0.39, 0.29) is 34.9 Å². The van der Waals surface area contributed by atoms with Gasteiger partial charge >= 0.3 is 0 Å². The van der Waals surface area contributed by atoms with E-state index in [1.165, 1.54) is 17.0 Å². The van der Waals surface area contributed by atoms with Gasteiger partial charge < -0.3 is 14.8 Å². The minimum absolute atomic E-state index is 0.0323. The van der Waals surface area contributed by atoms with Crippen LogP contribution in [0.2, 0.25) is 0 Å². The molecule has 0 atom stereocenters. The highest BCUT2D eigenvalue weighted by atomic mass is 32.2. The zero-order valence-electron chi connectivity index (χ0n) is 18.7. The Hall–Kier alpha value is -3.92. The molecule has 10 heteroatoms. The maximum Gasteiger partial charge on any atom is 0.282 e. The molecule has 0 saturated carbocycles. The van der Waals surface area contributed by atoms with Crippen molar-refractivity contribution in [3.63, 3.8) is 0 Å². The fraction of sp³-hybridized carbons (Fsp3) is 0.208. The molecule has 174 valence electrons. The average molecular weight is 478 g/mol. The molecule has 34 heavy (non-hydrogen) atoms. The molecule has 0 aliphatic heterocycles. The average Bonchev–Trinajstić information content (AvgIpc) is 2.86. The lowest BCUT2D eigenvalue weighted by molar-refractivity contribution is -0.113. The van der Waals surface area contributed by atoms with E-state index in [1.54, 1.807) is 19.2 Å². The van der Waals surface area contributed by atoms with Crippen molar-refractivity contribution in [1.29, 1.82) is 0 Å². The van der Waals surface area contributed by atoms with Crippen LogP contribution in [0.1, 0.15) is 12.5 Å². The summed E-state index contributed by atoms with van der Waals surface area (Å²) < 4.78 is 12.5. The van der Waals surface area contributed by atoms with Crippen molar-refractivity contribution < 1.29 is 14.3 Å². The summed E-state index contributed by atoms with van der Waals surface area (Å²) in [6.45, 7) is 2.57. The number of hydrogen-bond donors (Lipinski definition) is 1. The first-order chi connectivity index (χ1) is 16.6. The van der Waals surface area contributed by atoms with Gasteiger partial charge in [-0.25, -0.2) is 15.0 Å². The summed E-state index contributed by atoms with van der Waals surface area (Å²) in [6.07, 6.45) is 2.93. The molecule has 9 nitrogen and oxygen atoms in total. The second kappa shape index (κ2) is 10.8. The Labute approximate surface area is 200 Å². The van der Waals surface area contributed by atoms with Gasteiger partial charge in [0.05, 0.1) is 31.7 Å². The fourth-order valence-electron chi connectivity index (χ4n) is 3.35. The summed E-state index contributed by atoms with van der Waals surface area (Å²) in [4.78, 5) is 38.8. The van der Waals surface area contributed by atoms with Gasteiger partial charge in [-0.05, 0) is 25.1 Å². The van der Waals surface area contributed by atoms with Gasteiger partial charge in [0.1, 0.15) is 11.5 Å². The van der Waals surface area contributed by atoms with Crippen molar-refractivity contribution in [3.8, 4) is 11.5 Å². The molecule has 4 aromatic rings. The summed E-state index contributed by atoms with van der Waals surface area (Å²) in [5, 5.41) is 3.22. The SMILES string of the molecule is CCOc1ccccc1NC(=O)CSc1nc2nccnc2c(=O)n1Cc1ccccc1OC. The predicted molar refractivity (Wildman–Crippen MR) is 131 cm³/mol. The van der Waals surface area contributed by atoms with Gasteiger partial charge in [0.2, 0.25) is 5.91 Å². The molecule has 2 aromatic carbocycles. The Morgan fingerprint density at radius 2 is 1.79 bits per heavy atom. The third kappa shape index (κ3) is 5.18. The van der Waals surface area contributed by atoms with E-state index in [2.05, 4.69) is 20.3 Å². The third-order valence-electron chi connectivity index (χ3n) is 4.87. The molecule has 0 saturated heterocycles. The van der Waals surface area contributed by atoms with E-state index < -0.39 is 0 Å². The molecule has 0 unspecified atom stereocenters. The number of fused-ring (bicyclic) bond motifs is 1. The van der Waals surface area contributed by atoms with Gasteiger partial charge in [-0.2, -0.15) is 0 Å². The van der Waals surface area contributed by atoms with Gasteiger partial charge in [-0.3, -0.25) is 14.2 Å². The maximum absolute atomic E-state index is 13.3. The van der Waals surface area contributed by atoms with E-state index in [4.69, 9.17) is 9.47 Å². The summed E-state index contributed by atoms with van der Waals surface area (Å²) in [6, 6.07) is 14.6. The van der Waals surface area contributed by atoms with Crippen LogP contribution >= 0.6 is 11.8 Å². The number of carbonyl (C=O) groups excluding carboxylic acids is 1. The first-order valence-corrected chi connectivity index (χ1v) is 11.6. The standard InChI is InChI=1S/C24H23N5O4S/c1-3-33-19-11-7-5-9-17(19)27-20(30)15-34-24-28-22-21(25-12-13-26-22)23(31)29(24)14-16-8-4-6-10-18(16)32-2/h4-13H,3,14-15H2,1-2H3,(H,27,30). The minimum atomic E-state index is -0.339. The number of benzene rings is 2. The summed E-state index contributed by atoms with van der Waals surface area (Å²) in [7, 11) is 1.58. The maximum atomic E-state index is 13.3. The Morgan fingerprint density at radius 1 is 1.06 bits per heavy atom. The van der Waals surface area contributed by atoms with Crippen LogP contribution in [-0.2, 0) is 11.3 Å². The summed E-state index contributed by atoms with van der Waals surface area (Å²) in [5.41, 5.74) is 1.44. The number of aromatic nitrogens is 4. The number of hydrogen-bond acceptors (Lipinski definition) is 8. The van der Waals surface area contributed by atoms with Crippen LogP contribution in [-0.4, -0.2) is 44.9 Å². The molecule has 0 radical (unpaired) electrons. The van der Waals surface area contributed by atoms with E-state index in [1.807, 2.05) is 43.3 Å². The zero-order valence-corrected chi connectivity index (χ0v) is 19.5. The predicted octanol–water partition coefficient (Wildman–Crippen LogP) is 3.37. The van der Waals surface area contributed by atoms with Crippen molar-refractivity contribution in [2.75, 3.05) is 24.8 Å². The smallest absolute Gasteiger partial charge is 0.282 e. The number of para-hydroxylation sites is 3. The molecular weight excluding hydrogens is 454 g/mol. The van der Waals surface area contributed by atoms with Gasteiger partial charge in [0.25, 0.3) is 5.56 Å². The number of amides is 1. The number of nitrogens with one attached hydrogen (secondary N) is 1. The molecule has 0 bridgehead atoms. The Morgan fingerprint density at radius 3 is 2.59 bits per heavy atom. The molecule has 0 fully saturated rings. The van der Waals surface area contributed by atoms with Gasteiger partial charge in [-0.1, -0.05) is 42.1 Å². The lowest BCUT2D eigenvalue weighted by Gasteiger charge is -2.15. The van der Waals surface area contributed by atoms with E-state index in [0.717, 1.165) is 17.3 Å². The topological polar surface area (TPSA) is 108 Å². The monoisotopic (exact) mass is 477 g/mol. The van der Waals surface area contributed by atoms with Crippen molar-refractivity contribution in [2.24, 2.45) is 0 Å². The first-order valence-electron chi connectivity index (χ1n) is 10.6. The molecule has 0 aliphatic carbocycles. The van der Waals surface area contributed by atoms with Crippen LogP contribution < -0.4 is 20.3 Å². The Balaban J connectivity index is 1.62. The van der Waals surface area contributed by atoms with Crippen molar-refractivity contribution in [3.05, 3.63) is 76.8 Å². The van der Waals surface area contributed by atoms with Crippen molar-refractivity contribution >= 4 is 34.5 Å². The van der Waals surface area contributed by atoms with Gasteiger partial charge in [0.15, 0.2) is 16.3 Å². The highest BCUT2D eigenvalue weighted by Gasteiger charge is 2.17. The molecule has 1 N–H and O–H groups in total. The second-order valence-electron chi connectivity index (χ2n) is 7.09. The van der Waals surface area contributed by atoms with Crippen molar-refractivity contribution in [1.82, 2.24) is 19.5 Å². The van der Waals surface area contributed by atoms with E-state index >= 15 is 0 Å². The van der Waals surface area contributed by atoms with Crippen LogP contribution in [0.5, 0.6) is 11.5 Å². The number of nitrogens with zero attached hydrogens (tertiary/aromatic N) is 4. The molecule has 0 aliphatic rings. The molecule has 2 heterocycles. The highest BCUT2D eigenvalue weighted by molar-refractivity contribution is 7.99. The van der Waals surface area contributed by atoms with Crippen LogP contribution in [0.15, 0.2) is 70.9 Å². The number of anilines is 1. The van der Waals surface area contributed by atoms with E-state index in [0.29, 0.717) is 28.9 Å². The van der Waals surface area contributed by atoms with Gasteiger partial charge in [0, 0.05) is 18.0 Å². The Kier molecular flexibility index (Phi) is 7.38. The normalized spacial score (nSPS) is 10.8. The van der Waals surface area contributed by atoms with Crippen LogP contribution in [0, 0.1) is 0 Å². The summed E-state index contributed by atoms with van der Waals surface area (Å²) in [5.74, 6) is 1.02. The summed E-state index contributed by atoms with van der Waals surface area (Å²) >= 11 is 1.15. The fourth-order valence-corrected chi connectivity index (χ4v) is 4.14. The number of thioether (sulfide) groups is 1. The number of ether oxygens (including phenoxy) is 2. The van der Waals surface area contributed by atoms with Gasteiger partial charge in [-0.15, -0.1) is 0 Å². The number of methoxy groups -OCH3 is 1. The second-order valence-corrected chi connectivity index (χ2v) is 8.03.